The van der Waals surface area contributed by atoms with Gasteiger partial charge in [-0.3, -0.25) is 14.4 Å². The molecule has 1 aliphatic carbocycles. The number of allylic oxidation sites excluding steroid dienone is 2. The van der Waals surface area contributed by atoms with E-state index in [0.717, 1.165) is 0 Å². The molecule has 0 bridgehead atoms. The number of ketones is 2. The fraction of sp³-hybridized carbons (Fsp3) is 0.500. The first-order valence-corrected chi connectivity index (χ1v) is 11.0. The zero-order valence-electron chi connectivity index (χ0n) is 18.8. The highest BCUT2D eigenvalue weighted by Crippen LogP contribution is 2.36. The molecule has 184 valence electrons. The first-order chi connectivity index (χ1) is 16.3. The van der Waals surface area contributed by atoms with Crippen LogP contribution in [-0.2, 0) is 28.6 Å². The highest BCUT2D eigenvalue weighted by Gasteiger charge is 2.43. The summed E-state index contributed by atoms with van der Waals surface area (Å²) >= 11 is 0. The van der Waals surface area contributed by atoms with Crippen LogP contribution in [0, 0.1) is 0 Å². The highest BCUT2D eigenvalue weighted by molar-refractivity contribution is 6.25. The highest BCUT2D eigenvalue weighted by atomic mass is 16.6. The maximum absolute atomic E-state index is 13.3. The van der Waals surface area contributed by atoms with Crippen LogP contribution in [0.3, 0.4) is 0 Å². The minimum Gasteiger partial charge on any atom is -0.465 e. The largest absolute Gasteiger partial charge is 0.465 e. The van der Waals surface area contributed by atoms with Gasteiger partial charge in [0.05, 0.1) is 31.0 Å². The van der Waals surface area contributed by atoms with Crippen molar-refractivity contribution in [3.63, 3.8) is 0 Å². The van der Waals surface area contributed by atoms with Gasteiger partial charge in [-0.15, -0.1) is 0 Å². The van der Waals surface area contributed by atoms with Crippen LogP contribution in [0.4, 0.5) is 9.59 Å². The van der Waals surface area contributed by atoms with Crippen molar-refractivity contribution in [2.24, 2.45) is 5.73 Å². The number of alkyl carbamates (subject to hydrolysis) is 1. The maximum atomic E-state index is 13.3. The minimum atomic E-state index is -0.948. The number of nitrogens with two attached hydrogens (primary N) is 1. The molecule has 0 aromatic rings. The van der Waals surface area contributed by atoms with Crippen molar-refractivity contribution in [2.75, 3.05) is 52.5 Å². The SMILES string of the molecule is C=CCOC(=O)NCCC(=O)OCCC1=C(N2CC2)C(=O)C(CCOC(N)=O)=C(N2CC2)C1=O. The van der Waals surface area contributed by atoms with Gasteiger partial charge < -0.3 is 35.1 Å². The van der Waals surface area contributed by atoms with E-state index < -0.39 is 18.2 Å². The van der Waals surface area contributed by atoms with Gasteiger partial charge in [-0.1, -0.05) is 12.7 Å². The van der Waals surface area contributed by atoms with Crippen molar-refractivity contribution in [1.29, 1.82) is 0 Å². The molecule has 3 rings (SSSR count). The van der Waals surface area contributed by atoms with Gasteiger partial charge in [0.25, 0.3) is 0 Å². The van der Waals surface area contributed by atoms with Crippen molar-refractivity contribution in [3.05, 3.63) is 35.2 Å². The average molecular weight is 476 g/mol. The summed E-state index contributed by atoms with van der Waals surface area (Å²) in [4.78, 5) is 64.4. The Bertz CT molecular complexity index is 947. The molecule has 2 saturated heterocycles. The Morgan fingerprint density at radius 3 is 1.91 bits per heavy atom. The van der Waals surface area contributed by atoms with Gasteiger partial charge in [0.2, 0.25) is 11.6 Å². The van der Waals surface area contributed by atoms with Gasteiger partial charge >= 0.3 is 18.2 Å². The van der Waals surface area contributed by atoms with Crippen LogP contribution in [0.2, 0.25) is 0 Å². The summed E-state index contributed by atoms with van der Waals surface area (Å²) in [7, 11) is 0. The van der Waals surface area contributed by atoms with E-state index in [1.165, 1.54) is 6.08 Å². The van der Waals surface area contributed by atoms with Gasteiger partial charge in [0.1, 0.15) is 6.61 Å². The molecule has 3 N–H and O–H groups in total. The van der Waals surface area contributed by atoms with Crippen LogP contribution in [0.5, 0.6) is 0 Å². The van der Waals surface area contributed by atoms with Gasteiger partial charge in [0.15, 0.2) is 0 Å². The maximum Gasteiger partial charge on any atom is 0.407 e. The Morgan fingerprint density at radius 1 is 0.912 bits per heavy atom. The van der Waals surface area contributed by atoms with Crippen molar-refractivity contribution >= 4 is 29.7 Å². The molecule has 0 aromatic carbocycles. The molecule has 0 unspecified atom stereocenters. The number of carbonyl (C=O) groups excluding carboxylic acids is 5. The number of primary amides is 1. The normalized spacial score (nSPS) is 16.9. The summed E-state index contributed by atoms with van der Waals surface area (Å²) in [5.41, 5.74) is 6.24. The lowest BCUT2D eigenvalue weighted by Gasteiger charge is -2.25. The first kappa shape index (κ1) is 24.8. The molecular weight excluding hydrogens is 448 g/mol. The lowest BCUT2D eigenvalue weighted by Crippen LogP contribution is -2.32. The van der Waals surface area contributed by atoms with Crippen LogP contribution >= 0.6 is 0 Å². The van der Waals surface area contributed by atoms with Gasteiger partial charge in [0, 0.05) is 56.7 Å². The summed E-state index contributed by atoms with van der Waals surface area (Å²) in [6, 6.07) is 0. The van der Waals surface area contributed by atoms with E-state index in [2.05, 4.69) is 11.9 Å². The Morgan fingerprint density at radius 2 is 1.44 bits per heavy atom. The lowest BCUT2D eigenvalue weighted by molar-refractivity contribution is -0.143. The number of hydrogen-bond donors (Lipinski definition) is 2. The number of Topliss-reactive ketones (excluding diaryl/α,β-unsaturated/α-hetero) is 2. The molecule has 2 amide bonds. The van der Waals surface area contributed by atoms with Crippen molar-refractivity contribution in [3.8, 4) is 0 Å². The zero-order valence-corrected chi connectivity index (χ0v) is 18.8. The number of nitrogens with one attached hydrogen (secondary N) is 1. The summed E-state index contributed by atoms with van der Waals surface area (Å²) < 4.78 is 14.7. The van der Waals surface area contributed by atoms with Crippen LogP contribution in [0.25, 0.3) is 0 Å². The van der Waals surface area contributed by atoms with Crippen molar-refractivity contribution < 1.29 is 38.2 Å². The third-order valence-electron chi connectivity index (χ3n) is 5.22. The van der Waals surface area contributed by atoms with E-state index in [0.29, 0.717) is 48.7 Å². The van der Waals surface area contributed by atoms with Gasteiger partial charge in [-0.05, 0) is 0 Å². The average Bonchev–Trinajstić information content (AvgIpc) is 3.69. The Kier molecular flexibility index (Phi) is 8.28. The smallest absolute Gasteiger partial charge is 0.407 e. The van der Waals surface area contributed by atoms with Crippen molar-refractivity contribution in [2.45, 2.75) is 19.3 Å². The topological polar surface area (TPSA) is 157 Å². The second kappa shape index (κ2) is 11.3. The van der Waals surface area contributed by atoms with E-state index in [1.807, 2.05) is 0 Å². The van der Waals surface area contributed by atoms with E-state index in [9.17, 15) is 24.0 Å². The standard InChI is InChI=1S/C22H28N4O8/c1-2-11-34-22(31)24-6-3-16(27)32-12-4-14-17(25-7-8-25)20(29)15(5-13-33-21(23)30)18(19(14)28)26-9-10-26/h2H,1,3-13H2,(H2,23,30)(H,24,31). The van der Waals surface area contributed by atoms with Crippen molar-refractivity contribution in [1.82, 2.24) is 15.1 Å². The molecule has 0 atom stereocenters. The lowest BCUT2D eigenvalue weighted by atomic mass is 9.87. The second-order valence-electron chi connectivity index (χ2n) is 7.74. The first-order valence-electron chi connectivity index (χ1n) is 11.0. The third kappa shape index (κ3) is 6.59. The Balaban J connectivity index is 1.59. The molecule has 12 nitrogen and oxygen atoms in total. The van der Waals surface area contributed by atoms with Crippen LogP contribution < -0.4 is 11.1 Å². The molecular formula is C22H28N4O8. The quantitative estimate of drug-likeness (QED) is 0.122. The van der Waals surface area contributed by atoms with Crippen LogP contribution in [0.15, 0.2) is 35.2 Å². The molecule has 2 heterocycles. The summed E-state index contributed by atoms with van der Waals surface area (Å²) in [5, 5.41) is 2.41. The predicted octanol–water partition coefficient (Wildman–Crippen LogP) is -0.00140. The number of hydrogen-bond acceptors (Lipinski definition) is 10. The molecule has 34 heavy (non-hydrogen) atoms. The molecule has 2 aliphatic heterocycles. The Hall–Kier alpha value is -3.83. The molecule has 0 radical (unpaired) electrons. The fourth-order valence-corrected chi connectivity index (χ4v) is 3.50. The van der Waals surface area contributed by atoms with Crippen LogP contribution in [0.1, 0.15) is 19.3 Å². The summed E-state index contributed by atoms with van der Waals surface area (Å²) in [6.07, 6.45) is -0.0991. The van der Waals surface area contributed by atoms with Gasteiger partial charge in [-0.2, -0.15) is 0 Å². The fourth-order valence-electron chi connectivity index (χ4n) is 3.50. The number of ether oxygens (including phenoxy) is 3. The molecule has 0 spiro atoms. The van der Waals surface area contributed by atoms with E-state index in [1.54, 1.807) is 9.80 Å². The zero-order chi connectivity index (χ0) is 24.7. The van der Waals surface area contributed by atoms with E-state index >= 15 is 0 Å². The van der Waals surface area contributed by atoms with E-state index in [-0.39, 0.29) is 57.2 Å². The predicted molar refractivity (Wildman–Crippen MR) is 117 cm³/mol. The molecule has 2 fully saturated rings. The number of rotatable bonds is 13. The third-order valence-corrected chi connectivity index (χ3v) is 5.22. The monoisotopic (exact) mass is 476 g/mol. The molecule has 3 aliphatic rings. The minimum absolute atomic E-state index is 0.0343. The van der Waals surface area contributed by atoms with Gasteiger partial charge in [-0.25, -0.2) is 9.59 Å². The van der Waals surface area contributed by atoms with E-state index in [4.69, 9.17) is 19.9 Å². The number of nitrogens with zero attached hydrogens (tertiary/aromatic N) is 2. The number of amides is 2. The molecule has 0 saturated carbocycles. The second-order valence-corrected chi connectivity index (χ2v) is 7.74. The number of carbonyl (C=O) groups is 5. The summed E-state index contributed by atoms with van der Waals surface area (Å²) in [6.45, 7) is 5.93. The molecule has 12 heteroatoms. The Labute approximate surface area is 196 Å². The number of esters is 1. The van der Waals surface area contributed by atoms with Crippen LogP contribution in [-0.4, -0.2) is 92.1 Å². The summed E-state index contributed by atoms with van der Waals surface area (Å²) in [5.74, 6) is -1.12. The molecule has 0 aromatic heterocycles.